The van der Waals surface area contributed by atoms with Crippen LogP contribution in [0.5, 0.6) is 0 Å². The molecular weight excluding hydrogens is 256 g/mol. The van der Waals surface area contributed by atoms with Crippen molar-refractivity contribution in [3.05, 3.63) is 48.0 Å². The van der Waals surface area contributed by atoms with Crippen LogP contribution in [0, 0.1) is 0 Å². The second-order valence-electron chi connectivity index (χ2n) is 4.03. The molecule has 0 heterocycles. The Morgan fingerprint density at radius 3 is 2.70 bits per heavy atom. The quantitative estimate of drug-likeness (QED) is 0.400. The molecular formula is C15H14N2O3. The molecule has 0 atom stereocenters. The molecule has 102 valence electrons. The molecule has 1 amide bonds. The zero-order valence-electron chi connectivity index (χ0n) is 11.0. The number of hydrazone groups is 1. The van der Waals surface area contributed by atoms with E-state index in [1.165, 1.54) is 6.21 Å². The van der Waals surface area contributed by atoms with E-state index < -0.39 is 11.9 Å². The highest BCUT2D eigenvalue weighted by Gasteiger charge is 2.12. The standard InChI is InChI=1S/C15H14N2O3/c1-2-20-15(19)14(18)17-16-10-11-7-8-12-5-3-4-6-13(12)9-11/h3-10H,2H2,1H3,(H,17,18)/b16-10+. The molecule has 0 fully saturated rings. The molecule has 0 aromatic heterocycles. The van der Waals surface area contributed by atoms with E-state index in [-0.39, 0.29) is 6.61 Å². The summed E-state index contributed by atoms with van der Waals surface area (Å²) < 4.78 is 4.54. The Morgan fingerprint density at radius 1 is 1.20 bits per heavy atom. The lowest BCUT2D eigenvalue weighted by Gasteiger charge is -2.00. The molecule has 0 saturated carbocycles. The van der Waals surface area contributed by atoms with Gasteiger partial charge in [-0.15, -0.1) is 0 Å². The van der Waals surface area contributed by atoms with Gasteiger partial charge in [-0.3, -0.25) is 4.79 Å². The van der Waals surface area contributed by atoms with Crippen LogP contribution in [0.2, 0.25) is 0 Å². The number of carbonyl (C=O) groups excluding carboxylic acids is 2. The van der Waals surface area contributed by atoms with Gasteiger partial charge in [0.2, 0.25) is 0 Å². The van der Waals surface area contributed by atoms with Crippen LogP contribution in [-0.2, 0) is 14.3 Å². The minimum atomic E-state index is -0.942. The number of rotatable bonds is 3. The van der Waals surface area contributed by atoms with Gasteiger partial charge in [0.05, 0.1) is 12.8 Å². The number of nitrogens with one attached hydrogen (secondary N) is 1. The third kappa shape index (κ3) is 3.41. The maximum absolute atomic E-state index is 11.2. The van der Waals surface area contributed by atoms with Crippen molar-refractivity contribution in [2.45, 2.75) is 6.92 Å². The molecule has 5 heteroatoms. The van der Waals surface area contributed by atoms with Gasteiger partial charge in [0.1, 0.15) is 0 Å². The summed E-state index contributed by atoms with van der Waals surface area (Å²) in [5.41, 5.74) is 2.95. The number of benzene rings is 2. The monoisotopic (exact) mass is 270 g/mol. The molecule has 0 spiro atoms. The first-order valence-electron chi connectivity index (χ1n) is 6.19. The third-order valence-corrected chi connectivity index (χ3v) is 2.61. The second kappa shape index (κ2) is 6.47. The lowest BCUT2D eigenvalue weighted by molar-refractivity contribution is -0.154. The number of fused-ring (bicyclic) bond motifs is 1. The molecule has 2 rings (SSSR count). The number of hydrogen-bond acceptors (Lipinski definition) is 4. The molecule has 5 nitrogen and oxygen atoms in total. The first-order valence-corrected chi connectivity index (χ1v) is 6.19. The van der Waals surface area contributed by atoms with Gasteiger partial charge in [0.25, 0.3) is 0 Å². The van der Waals surface area contributed by atoms with Crippen LogP contribution < -0.4 is 5.43 Å². The average Bonchev–Trinajstić information content (AvgIpc) is 2.47. The van der Waals surface area contributed by atoms with E-state index in [0.29, 0.717) is 0 Å². The first-order chi connectivity index (χ1) is 9.70. The molecule has 1 N–H and O–H groups in total. The summed E-state index contributed by atoms with van der Waals surface area (Å²) in [6, 6.07) is 13.7. The highest BCUT2D eigenvalue weighted by atomic mass is 16.5. The van der Waals surface area contributed by atoms with Crippen molar-refractivity contribution in [2.75, 3.05) is 6.61 Å². The summed E-state index contributed by atoms with van der Waals surface area (Å²) in [5, 5.41) is 5.93. The predicted molar refractivity (Wildman–Crippen MR) is 76.3 cm³/mol. The Balaban J connectivity index is 2.03. The van der Waals surface area contributed by atoms with Crippen LogP contribution in [0.25, 0.3) is 10.8 Å². The van der Waals surface area contributed by atoms with E-state index in [1.54, 1.807) is 6.92 Å². The number of ether oxygens (including phenoxy) is 1. The van der Waals surface area contributed by atoms with Crippen molar-refractivity contribution in [1.29, 1.82) is 0 Å². The minimum absolute atomic E-state index is 0.153. The topological polar surface area (TPSA) is 67.8 Å². The van der Waals surface area contributed by atoms with Crippen LogP contribution in [0.4, 0.5) is 0 Å². The molecule has 2 aromatic rings. The second-order valence-corrected chi connectivity index (χ2v) is 4.03. The van der Waals surface area contributed by atoms with Crippen LogP contribution in [0.15, 0.2) is 47.6 Å². The summed E-state index contributed by atoms with van der Waals surface area (Å²) in [6.07, 6.45) is 1.48. The zero-order chi connectivity index (χ0) is 14.4. The molecule has 0 aliphatic carbocycles. The molecule has 20 heavy (non-hydrogen) atoms. The van der Waals surface area contributed by atoms with Gasteiger partial charge >= 0.3 is 11.9 Å². The SMILES string of the molecule is CCOC(=O)C(=O)N/N=C/c1ccc2ccccc2c1. The number of carbonyl (C=O) groups is 2. The number of nitrogens with zero attached hydrogens (tertiary/aromatic N) is 1. The van der Waals surface area contributed by atoms with Crippen molar-refractivity contribution < 1.29 is 14.3 Å². The van der Waals surface area contributed by atoms with Gasteiger partial charge in [0, 0.05) is 0 Å². The van der Waals surface area contributed by atoms with Gasteiger partial charge in [-0.05, 0) is 29.3 Å². The molecule has 0 aliphatic heterocycles. The average molecular weight is 270 g/mol. The van der Waals surface area contributed by atoms with Crippen molar-refractivity contribution in [2.24, 2.45) is 5.10 Å². The van der Waals surface area contributed by atoms with Gasteiger partial charge in [-0.2, -0.15) is 5.10 Å². The van der Waals surface area contributed by atoms with E-state index in [9.17, 15) is 9.59 Å². The fourth-order valence-electron chi connectivity index (χ4n) is 1.70. The van der Waals surface area contributed by atoms with Gasteiger partial charge in [0.15, 0.2) is 0 Å². The van der Waals surface area contributed by atoms with Crippen molar-refractivity contribution in [3.8, 4) is 0 Å². The first kappa shape index (κ1) is 13.7. The molecule has 0 radical (unpaired) electrons. The van der Waals surface area contributed by atoms with E-state index in [0.717, 1.165) is 16.3 Å². The van der Waals surface area contributed by atoms with Crippen molar-refractivity contribution in [1.82, 2.24) is 5.43 Å². The number of hydrogen-bond donors (Lipinski definition) is 1. The largest absolute Gasteiger partial charge is 0.459 e. The Morgan fingerprint density at radius 2 is 1.95 bits per heavy atom. The summed E-state index contributed by atoms with van der Waals surface area (Å²) in [7, 11) is 0. The van der Waals surface area contributed by atoms with Gasteiger partial charge in [-0.25, -0.2) is 10.2 Å². The smallest absolute Gasteiger partial charge is 0.398 e. The molecule has 0 unspecified atom stereocenters. The molecule has 0 saturated heterocycles. The predicted octanol–water partition coefficient (Wildman–Crippen LogP) is 1.85. The van der Waals surface area contributed by atoms with E-state index in [1.807, 2.05) is 42.5 Å². The van der Waals surface area contributed by atoms with Crippen LogP contribution in [0.3, 0.4) is 0 Å². The summed E-state index contributed by atoms with van der Waals surface area (Å²) in [6.45, 7) is 1.78. The summed E-state index contributed by atoms with van der Waals surface area (Å²) in [4.78, 5) is 22.3. The lowest BCUT2D eigenvalue weighted by atomic mass is 10.1. The lowest BCUT2D eigenvalue weighted by Crippen LogP contribution is -2.28. The van der Waals surface area contributed by atoms with Crippen LogP contribution in [-0.4, -0.2) is 24.7 Å². The Labute approximate surface area is 116 Å². The molecule has 2 aromatic carbocycles. The Bertz CT molecular complexity index is 665. The minimum Gasteiger partial charge on any atom is -0.459 e. The maximum Gasteiger partial charge on any atom is 0.398 e. The maximum atomic E-state index is 11.2. The van der Waals surface area contributed by atoms with Gasteiger partial charge < -0.3 is 4.74 Å². The number of esters is 1. The Hall–Kier alpha value is -2.69. The van der Waals surface area contributed by atoms with Crippen molar-refractivity contribution >= 4 is 28.9 Å². The fourth-order valence-corrected chi connectivity index (χ4v) is 1.70. The molecule has 0 bridgehead atoms. The van der Waals surface area contributed by atoms with Crippen LogP contribution in [0.1, 0.15) is 12.5 Å². The van der Waals surface area contributed by atoms with E-state index >= 15 is 0 Å². The van der Waals surface area contributed by atoms with Crippen molar-refractivity contribution in [3.63, 3.8) is 0 Å². The van der Waals surface area contributed by atoms with E-state index in [4.69, 9.17) is 0 Å². The highest BCUT2D eigenvalue weighted by molar-refractivity contribution is 6.32. The van der Waals surface area contributed by atoms with Crippen LogP contribution >= 0.6 is 0 Å². The third-order valence-electron chi connectivity index (χ3n) is 2.61. The fraction of sp³-hybridized carbons (Fsp3) is 0.133. The van der Waals surface area contributed by atoms with Gasteiger partial charge in [-0.1, -0.05) is 36.4 Å². The highest BCUT2D eigenvalue weighted by Crippen LogP contribution is 2.14. The summed E-state index contributed by atoms with van der Waals surface area (Å²) >= 11 is 0. The normalized spacial score (nSPS) is 10.7. The van der Waals surface area contributed by atoms with E-state index in [2.05, 4.69) is 15.3 Å². The molecule has 0 aliphatic rings. The summed E-state index contributed by atoms with van der Waals surface area (Å²) in [5.74, 6) is -1.83. The zero-order valence-corrected chi connectivity index (χ0v) is 11.0. The number of amides is 1. The Kier molecular flexibility index (Phi) is 4.44.